The van der Waals surface area contributed by atoms with Crippen molar-refractivity contribution in [2.24, 2.45) is 0 Å². The molecule has 0 amide bonds. The Balaban J connectivity index is 2.13. The average molecular weight is 229 g/mol. The first-order chi connectivity index (χ1) is 8.20. The van der Waals surface area contributed by atoms with E-state index in [4.69, 9.17) is 5.26 Å². The quantitative estimate of drug-likeness (QED) is 0.778. The molecule has 0 N–H and O–H groups in total. The van der Waals surface area contributed by atoms with E-state index in [1.165, 1.54) is 19.4 Å². The van der Waals surface area contributed by atoms with Crippen molar-refractivity contribution < 1.29 is 0 Å². The summed E-state index contributed by atoms with van der Waals surface area (Å²) in [6.07, 6.45) is 2.49. The lowest BCUT2D eigenvalue weighted by atomic mass is 10.0. The maximum Gasteiger partial charge on any atom is 0.0992 e. The summed E-state index contributed by atoms with van der Waals surface area (Å²) in [5, 5.41) is 8.92. The molecular weight excluding hydrogens is 210 g/mol. The Kier molecular flexibility index (Phi) is 3.65. The van der Waals surface area contributed by atoms with Crippen LogP contribution in [0.4, 0.5) is 5.69 Å². The van der Waals surface area contributed by atoms with Crippen molar-refractivity contribution in [2.75, 3.05) is 32.1 Å². The van der Waals surface area contributed by atoms with Crippen LogP contribution in [-0.4, -0.2) is 38.1 Å². The van der Waals surface area contributed by atoms with Crippen molar-refractivity contribution in [3.05, 3.63) is 29.8 Å². The van der Waals surface area contributed by atoms with Crippen LogP contribution in [0.25, 0.3) is 0 Å². The molecule has 0 radical (unpaired) electrons. The molecule has 3 heteroatoms. The van der Waals surface area contributed by atoms with Crippen molar-refractivity contribution in [2.45, 2.75) is 18.9 Å². The molecule has 1 unspecified atom stereocenters. The number of nitrogens with zero attached hydrogens (tertiary/aromatic N) is 3. The van der Waals surface area contributed by atoms with Gasteiger partial charge in [0.15, 0.2) is 0 Å². The molecule has 1 atom stereocenters. The summed E-state index contributed by atoms with van der Waals surface area (Å²) >= 11 is 0. The van der Waals surface area contributed by atoms with Crippen LogP contribution in [0.1, 0.15) is 18.4 Å². The molecule has 0 bridgehead atoms. The SMILES string of the molecule is CN1CCCC(N(C)c2cccc(C#N)c2)C1. The summed E-state index contributed by atoms with van der Waals surface area (Å²) in [6.45, 7) is 2.30. The van der Waals surface area contributed by atoms with Crippen LogP contribution in [0, 0.1) is 11.3 Å². The Morgan fingerprint density at radius 1 is 1.47 bits per heavy atom. The summed E-state index contributed by atoms with van der Waals surface area (Å²) in [5.41, 5.74) is 1.88. The number of piperidine rings is 1. The third-order valence-electron chi connectivity index (χ3n) is 3.53. The number of likely N-dealkylation sites (N-methyl/N-ethyl adjacent to an activating group) is 2. The fraction of sp³-hybridized carbons (Fsp3) is 0.500. The van der Waals surface area contributed by atoms with E-state index in [9.17, 15) is 0 Å². The van der Waals surface area contributed by atoms with Crippen LogP contribution in [0.2, 0.25) is 0 Å². The van der Waals surface area contributed by atoms with Gasteiger partial charge in [-0.3, -0.25) is 0 Å². The van der Waals surface area contributed by atoms with Gasteiger partial charge in [0, 0.05) is 25.3 Å². The van der Waals surface area contributed by atoms with E-state index >= 15 is 0 Å². The van der Waals surface area contributed by atoms with Gasteiger partial charge in [0.05, 0.1) is 11.6 Å². The third-order valence-corrected chi connectivity index (χ3v) is 3.53. The van der Waals surface area contributed by atoms with Crippen molar-refractivity contribution >= 4 is 5.69 Å². The summed E-state index contributed by atoms with van der Waals surface area (Å²) in [5.74, 6) is 0. The van der Waals surface area contributed by atoms with Gasteiger partial charge in [-0.15, -0.1) is 0 Å². The number of benzene rings is 1. The van der Waals surface area contributed by atoms with E-state index in [-0.39, 0.29) is 0 Å². The van der Waals surface area contributed by atoms with Crippen LogP contribution < -0.4 is 4.90 Å². The summed E-state index contributed by atoms with van der Waals surface area (Å²) in [4.78, 5) is 4.68. The number of hydrogen-bond acceptors (Lipinski definition) is 3. The molecule has 1 fully saturated rings. The van der Waals surface area contributed by atoms with Crippen LogP contribution in [0.3, 0.4) is 0 Å². The zero-order valence-electron chi connectivity index (χ0n) is 10.6. The Labute approximate surface area is 103 Å². The van der Waals surface area contributed by atoms with Crippen molar-refractivity contribution in [1.82, 2.24) is 4.90 Å². The second kappa shape index (κ2) is 5.20. The highest BCUT2D eigenvalue weighted by molar-refractivity contribution is 5.51. The topological polar surface area (TPSA) is 30.3 Å². The molecule has 0 aliphatic carbocycles. The lowest BCUT2D eigenvalue weighted by molar-refractivity contribution is 0.248. The maximum absolute atomic E-state index is 8.92. The minimum absolute atomic E-state index is 0.558. The predicted molar refractivity (Wildman–Crippen MR) is 70.1 cm³/mol. The predicted octanol–water partition coefficient (Wildman–Crippen LogP) is 2.09. The molecule has 1 aromatic rings. The fourth-order valence-corrected chi connectivity index (χ4v) is 2.46. The van der Waals surface area contributed by atoms with E-state index < -0.39 is 0 Å². The molecule has 0 aromatic heterocycles. The van der Waals surface area contributed by atoms with E-state index in [2.05, 4.69) is 36.0 Å². The van der Waals surface area contributed by atoms with Crippen molar-refractivity contribution in [3.63, 3.8) is 0 Å². The van der Waals surface area contributed by atoms with E-state index in [1.807, 2.05) is 18.2 Å². The van der Waals surface area contributed by atoms with Gasteiger partial charge in [-0.25, -0.2) is 0 Å². The molecule has 17 heavy (non-hydrogen) atoms. The molecule has 0 spiro atoms. The Bertz CT molecular complexity index is 422. The molecule has 1 aliphatic rings. The van der Waals surface area contributed by atoms with Gasteiger partial charge in [-0.05, 0) is 44.6 Å². The zero-order valence-corrected chi connectivity index (χ0v) is 10.6. The molecule has 3 nitrogen and oxygen atoms in total. The summed E-state index contributed by atoms with van der Waals surface area (Å²) in [6, 6.07) is 10.6. The normalized spacial score (nSPS) is 20.9. The first kappa shape index (κ1) is 11.9. The number of rotatable bonds is 2. The fourth-order valence-electron chi connectivity index (χ4n) is 2.46. The highest BCUT2D eigenvalue weighted by atomic mass is 15.2. The second-order valence-electron chi connectivity index (χ2n) is 4.83. The Hall–Kier alpha value is -1.53. The van der Waals surface area contributed by atoms with Crippen LogP contribution in [-0.2, 0) is 0 Å². The monoisotopic (exact) mass is 229 g/mol. The van der Waals surface area contributed by atoms with Gasteiger partial charge in [0.1, 0.15) is 0 Å². The van der Waals surface area contributed by atoms with E-state index in [0.29, 0.717) is 6.04 Å². The van der Waals surface area contributed by atoms with E-state index in [1.54, 1.807) is 0 Å². The van der Waals surface area contributed by atoms with E-state index in [0.717, 1.165) is 17.8 Å². The first-order valence-electron chi connectivity index (χ1n) is 6.12. The van der Waals surface area contributed by atoms with Crippen molar-refractivity contribution in [3.8, 4) is 6.07 Å². The smallest absolute Gasteiger partial charge is 0.0992 e. The van der Waals surface area contributed by atoms with Gasteiger partial charge in [0.25, 0.3) is 0 Å². The summed E-state index contributed by atoms with van der Waals surface area (Å²) in [7, 11) is 4.30. The number of hydrogen-bond donors (Lipinski definition) is 0. The molecule has 1 heterocycles. The highest BCUT2D eigenvalue weighted by Crippen LogP contribution is 2.21. The van der Waals surface area contributed by atoms with Crippen LogP contribution in [0.5, 0.6) is 0 Å². The molecule has 1 aliphatic heterocycles. The van der Waals surface area contributed by atoms with Crippen LogP contribution in [0.15, 0.2) is 24.3 Å². The van der Waals surface area contributed by atoms with Gasteiger partial charge in [-0.1, -0.05) is 6.07 Å². The zero-order chi connectivity index (χ0) is 12.3. The minimum Gasteiger partial charge on any atom is -0.370 e. The molecule has 1 aromatic carbocycles. The summed E-state index contributed by atoms with van der Waals surface area (Å²) < 4.78 is 0. The van der Waals surface area contributed by atoms with Gasteiger partial charge in [-0.2, -0.15) is 5.26 Å². The van der Waals surface area contributed by atoms with Gasteiger partial charge < -0.3 is 9.80 Å². The number of anilines is 1. The van der Waals surface area contributed by atoms with Gasteiger partial charge >= 0.3 is 0 Å². The van der Waals surface area contributed by atoms with Crippen molar-refractivity contribution in [1.29, 1.82) is 5.26 Å². The average Bonchev–Trinajstić information content (AvgIpc) is 2.38. The lowest BCUT2D eigenvalue weighted by Gasteiger charge is -2.37. The molecular formula is C14H19N3. The third kappa shape index (κ3) is 2.78. The minimum atomic E-state index is 0.558. The second-order valence-corrected chi connectivity index (χ2v) is 4.83. The lowest BCUT2D eigenvalue weighted by Crippen LogP contribution is -2.45. The van der Waals surface area contributed by atoms with Crippen LogP contribution >= 0.6 is 0 Å². The number of likely N-dealkylation sites (tertiary alicyclic amines) is 1. The Morgan fingerprint density at radius 2 is 2.29 bits per heavy atom. The maximum atomic E-state index is 8.92. The standard InChI is InChI=1S/C14H19N3/c1-16-8-4-7-14(11-16)17(2)13-6-3-5-12(9-13)10-15/h3,5-6,9,14H,4,7-8,11H2,1-2H3. The molecule has 90 valence electrons. The molecule has 1 saturated heterocycles. The largest absolute Gasteiger partial charge is 0.370 e. The highest BCUT2D eigenvalue weighted by Gasteiger charge is 2.21. The Morgan fingerprint density at radius 3 is 3.00 bits per heavy atom. The number of nitriles is 1. The van der Waals surface area contributed by atoms with Gasteiger partial charge in [0.2, 0.25) is 0 Å². The first-order valence-corrected chi connectivity index (χ1v) is 6.12. The molecule has 0 saturated carbocycles. The molecule has 2 rings (SSSR count).